The van der Waals surface area contributed by atoms with Gasteiger partial charge in [0.05, 0.1) is 0 Å². The summed E-state index contributed by atoms with van der Waals surface area (Å²) in [6.07, 6.45) is 12.0. The molecule has 2 fully saturated rings. The molecule has 0 saturated heterocycles. The summed E-state index contributed by atoms with van der Waals surface area (Å²) in [7, 11) is 0. The summed E-state index contributed by atoms with van der Waals surface area (Å²) in [6.45, 7) is 6.54. The van der Waals surface area contributed by atoms with Crippen molar-refractivity contribution in [1.29, 1.82) is 0 Å². The number of hydrogen-bond acceptors (Lipinski definition) is 2. The summed E-state index contributed by atoms with van der Waals surface area (Å²) in [5.74, 6) is 1.79. The molecule has 0 spiro atoms. The third-order valence-electron chi connectivity index (χ3n) is 6.96. The van der Waals surface area contributed by atoms with Crippen molar-refractivity contribution in [3.05, 3.63) is 35.5 Å². The number of allylic oxidation sites excluding steroid dienone is 6. The monoisotopic (exact) mass is 296 g/mol. The highest BCUT2D eigenvalue weighted by molar-refractivity contribution is 6.01. The van der Waals surface area contributed by atoms with Crippen molar-refractivity contribution in [3.63, 3.8) is 0 Å². The van der Waals surface area contributed by atoms with Crippen LogP contribution in [0, 0.1) is 28.6 Å². The van der Waals surface area contributed by atoms with Crippen molar-refractivity contribution < 1.29 is 9.59 Å². The van der Waals surface area contributed by atoms with E-state index >= 15 is 0 Å². The topological polar surface area (TPSA) is 34.1 Å². The van der Waals surface area contributed by atoms with Crippen LogP contribution >= 0.6 is 0 Å². The van der Waals surface area contributed by atoms with Crippen LogP contribution in [-0.2, 0) is 9.59 Å². The molecule has 0 N–H and O–H groups in total. The lowest BCUT2D eigenvalue weighted by atomic mass is 9.53. The van der Waals surface area contributed by atoms with Gasteiger partial charge in [0.25, 0.3) is 0 Å². The van der Waals surface area contributed by atoms with Gasteiger partial charge >= 0.3 is 0 Å². The summed E-state index contributed by atoms with van der Waals surface area (Å²) in [4.78, 5) is 24.4. The van der Waals surface area contributed by atoms with E-state index in [9.17, 15) is 9.59 Å². The van der Waals surface area contributed by atoms with E-state index in [1.165, 1.54) is 11.1 Å². The summed E-state index contributed by atoms with van der Waals surface area (Å²) in [5, 5.41) is 0. The molecule has 0 bridgehead atoms. The maximum absolute atomic E-state index is 12.6. The highest BCUT2D eigenvalue weighted by atomic mass is 16.1. The molecule has 2 nitrogen and oxygen atoms in total. The minimum atomic E-state index is -0.153. The van der Waals surface area contributed by atoms with Gasteiger partial charge in [-0.2, -0.15) is 0 Å². The van der Waals surface area contributed by atoms with Crippen LogP contribution in [0.4, 0.5) is 0 Å². The van der Waals surface area contributed by atoms with Gasteiger partial charge in [-0.15, -0.1) is 0 Å². The molecular formula is C20H24O2. The van der Waals surface area contributed by atoms with Crippen molar-refractivity contribution >= 4 is 11.6 Å². The average Bonchev–Trinajstić information content (AvgIpc) is 2.72. The largest absolute Gasteiger partial charge is 0.299 e. The first kappa shape index (κ1) is 14.2. The fourth-order valence-corrected chi connectivity index (χ4v) is 5.65. The minimum absolute atomic E-state index is 0.0902. The molecule has 116 valence electrons. The molecule has 2 saturated carbocycles. The van der Waals surface area contributed by atoms with Crippen LogP contribution in [-0.4, -0.2) is 11.6 Å². The van der Waals surface area contributed by atoms with E-state index in [4.69, 9.17) is 0 Å². The van der Waals surface area contributed by atoms with Gasteiger partial charge in [-0.3, -0.25) is 9.59 Å². The zero-order chi connectivity index (χ0) is 15.7. The van der Waals surface area contributed by atoms with Crippen LogP contribution in [0.15, 0.2) is 35.5 Å². The Hall–Kier alpha value is -1.44. The first-order chi connectivity index (χ1) is 10.4. The van der Waals surface area contributed by atoms with E-state index in [2.05, 4.69) is 32.9 Å². The summed E-state index contributed by atoms with van der Waals surface area (Å²) in [5.41, 5.74) is 2.49. The van der Waals surface area contributed by atoms with Crippen molar-refractivity contribution in [2.24, 2.45) is 28.6 Å². The van der Waals surface area contributed by atoms with E-state index in [0.29, 0.717) is 17.6 Å². The zero-order valence-electron chi connectivity index (χ0n) is 13.7. The third-order valence-corrected chi connectivity index (χ3v) is 6.96. The highest BCUT2D eigenvalue weighted by Crippen LogP contribution is 2.61. The maximum atomic E-state index is 12.6. The lowest BCUT2D eigenvalue weighted by molar-refractivity contribution is -0.129. The molecule has 2 heteroatoms. The lowest BCUT2D eigenvalue weighted by Crippen LogP contribution is -2.43. The van der Waals surface area contributed by atoms with Crippen LogP contribution < -0.4 is 0 Å². The molecular weight excluding hydrogens is 272 g/mol. The molecule has 4 aliphatic carbocycles. The van der Waals surface area contributed by atoms with Gasteiger partial charge in [-0.25, -0.2) is 0 Å². The molecule has 0 radical (unpaired) electrons. The predicted octanol–water partition coefficient (Wildman–Crippen LogP) is 4.03. The fourth-order valence-electron chi connectivity index (χ4n) is 5.65. The van der Waals surface area contributed by atoms with E-state index < -0.39 is 0 Å². The Morgan fingerprint density at radius 1 is 1.23 bits per heavy atom. The van der Waals surface area contributed by atoms with Crippen LogP contribution in [0.25, 0.3) is 0 Å². The maximum Gasteiger partial charge on any atom is 0.178 e. The number of Topliss-reactive ketones (excluding diaryl/α,β-unsaturated/α-hetero) is 1. The van der Waals surface area contributed by atoms with Gasteiger partial charge < -0.3 is 0 Å². The van der Waals surface area contributed by atoms with Crippen molar-refractivity contribution in [1.82, 2.24) is 0 Å². The molecule has 4 aliphatic rings. The Bertz CT molecular complexity index is 665. The number of hydrogen-bond donors (Lipinski definition) is 0. The van der Waals surface area contributed by atoms with E-state index in [0.717, 1.165) is 25.7 Å². The van der Waals surface area contributed by atoms with Crippen LogP contribution in [0.5, 0.6) is 0 Å². The molecule has 5 atom stereocenters. The number of carbonyl (C=O) groups is 2. The number of carbonyl (C=O) groups excluding carboxylic acids is 2. The number of ketones is 2. The Labute approximate surface area is 132 Å². The normalized spacial score (nSPS) is 46.6. The number of rotatable bonds is 0. The van der Waals surface area contributed by atoms with Crippen molar-refractivity contribution in [2.45, 2.75) is 46.5 Å². The molecule has 0 aromatic carbocycles. The highest BCUT2D eigenvalue weighted by Gasteiger charge is 2.57. The predicted molar refractivity (Wildman–Crippen MR) is 86.1 cm³/mol. The molecule has 4 unspecified atom stereocenters. The smallest absolute Gasteiger partial charge is 0.178 e. The molecule has 0 heterocycles. The van der Waals surface area contributed by atoms with Gasteiger partial charge in [-0.1, -0.05) is 37.1 Å². The first-order valence-corrected chi connectivity index (χ1v) is 8.55. The molecule has 4 rings (SSSR count). The Morgan fingerprint density at radius 3 is 2.77 bits per heavy atom. The van der Waals surface area contributed by atoms with Crippen LogP contribution in [0.3, 0.4) is 0 Å². The molecule has 0 amide bonds. The Morgan fingerprint density at radius 2 is 2.00 bits per heavy atom. The van der Waals surface area contributed by atoms with Crippen LogP contribution in [0.2, 0.25) is 0 Å². The van der Waals surface area contributed by atoms with Gasteiger partial charge in [0.2, 0.25) is 0 Å². The molecule has 0 aliphatic heterocycles. The fraction of sp³-hybridized carbons (Fsp3) is 0.600. The van der Waals surface area contributed by atoms with E-state index in [1.54, 1.807) is 6.08 Å². The molecule has 0 aromatic heterocycles. The third kappa shape index (κ3) is 1.61. The minimum Gasteiger partial charge on any atom is -0.299 e. The standard InChI is InChI=1S/C20H24O2/c1-12-10-17-15-5-4-13-11-14(21)6-8-19(13,2)16(15)7-9-20(17,3)18(12)22/h6-8,11-12,15,17H,4-5,9-10H2,1-3H3/t12-,15?,17?,19?,20?/m0/s1. The molecule has 0 aromatic rings. The lowest BCUT2D eigenvalue weighted by Gasteiger charge is -2.50. The number of fused-ring (bicyclic) bond motifs is 5. The SMILES string of the molecule is C[C@H]1CC2C3CCC4=CC(=O)C=CC4(C)C3=CCC2(C)C1=O. The Balaban J connectivity index is 1.79. The summed E-state index contributed by atoms with van der Waals surface area (Å²) >= 11 is 0. The van der Waals surface area contributed by atoms with Gasteiger partial charge in [-0.05, 0) is 56.6 Å². The second kappa shape index (κ2) is 4.31. The molecule has 22 heavy (non-hydrogen) atoms. The van der Waals surface area contributed by atoms with Gasteiger partial charge in [0.1, 0.15) is 5.78 Å². The van der Waals surface area contributed by atoms with Crippen molar-refractivity contribution in [3.8, 4) is 0 Å². The average molecular weight is 296 g/mol. The second-order valence-electron chi connectivity index (χ2n) is 8.14. The first-order valence-electron chi connectivity index (χ1n) is 8.55. The van der Waals surface area contributed by atoms with Gasteiger partial charge in [0.15, 0.2) is 5.78 Å². The quantitative estimate of drug-likeness (QED) is 0.632. The zero-order valence-corrected chi connectivity index (χ0v) is 13.7. The van der Waals surface area contributed by atoms with Crippen molar-refractivity contribution in [2.75, 3.05) is 0 Å². The van der Waals surface area contributed by atoms with E-state index in [1.807, 2.05) is 6.08 Å². The summed E-state index contributed by atoms with van der Waals surface area (Å²) in [6, 6.07) is 0. The van der Waals surface area contributed by atoms with Crippen LogP contribution in [0.1, 0.15) is 46.5 Å². The van der Waals surface area contributed by atoms with Gasteiger partial charge in [0, 0.05) is 16.7 Å². The van der Waals surface area contributed by atoms with E-state index in [-0.39, 0.29) is 22.5 Å². The second-order valence-corrected chi connectivity index (χ2v) is 8.14. The summed E-state index contributed by atoms with van der Waals surface area (Å²) < 4.78 is 0. The Kier molecular flexibility index (Phi) is 2.77.